The molecule has 1 N–H and O–H groups in total. The first-order valence-electron chi connectivity index (χ1n) is 5.44. The molecule has 2 heteroatoms. The molecule has 78 valence electrons. The van der Waals surface area contributed by atoms with E-state index in [1.165, 1.54) is 32.1 Å². The van der Waals surface area contributed by atoms with Crippen LogP contribution < -0.4 is 0 Å². The molecule has 0 radical (unpaired) electrons. The third-order valence-electron chi connectivity index (χ3n) is 3.47. The molecule has 1 unspecified atom stereocenters. The summed E-state index contributed by atoms with van der Waals surface area (Å²) in [6.07, 6.45) is 5.99. The smallest absolute Gasteiger partial charge is 0.0935 e. The predicted molar refractivity (Wildman–Crippen MR) is 60.5 cm³/mol. The summed E-state index contributed by atoms with van der Waals surface area (Å²) in [5.74, 6) is 0. The second-order valence-corrected chi connectivity index (χ2v) is 5.61. The number of hydrogen-bond donors (Lipinski definition) is 1. The first-order chi connectivity index (χ1) is 6.72. The number of aliphatic hydroxyl groups excluding tert-OH is 1. The minimum atomic E-state index is -0.247. The predicted octanol–water partition coefficient (Wildman–Crippen LogP) is 3.75. The SMILES string of the molecule is CC1(C(O)c2cccs2)CCCCC1. The first kappa shape index (κ1) is 10.2. The summed E-state index contributed by atoms with van der Waals surface area (Å²) in [5.41, 5.74) is 0.128. The summed E-state index contributed by atoms with van der Waals surface area (Å²) >= 11 is 1.67. The molecule has 1 aliphatic rings. The molecule has 0 spiro atoms. The van der Waals surface area contributed by atoms with Crippen molar-refractivity contribution in [1.29, 1.82) is 0 Å². The standard InChI is InChI=1S/C12H18OS/c1-12(7-3-2-4-8-12)11(13)10-6-5-9-14-10/h5-6,9,11,13H,2-4,7-8H2,1H3. The van der Waals surface area contributed by atoms with E-state index in [9.17, 15) is 5.11 Å². The summed E-state index contributed by atoms with van der Waals surface area (Å²) in [4.78, 5) is 1.13. The average molecular weight is 210 g/mol. The van der Waals surface area contributed by atoms with E-state index in [2.05, 4.69) is 13.0 Å². The third-order valence-corrected chi connectivity index (χ3v) is 4.39. The molecule has 14 heavy (non-hydrogen) atoms. The van der Waals surface area contributed by atoms with Gasteiger partial charge in [0, 0.05) is 4.88 Å². The Morgan fingerprint density at radius 3 is 2.64 bits per heavy atom. The second kappa shape index (κ2) is 4.03. The van der Waals surface area contributed by atoms with Crippen molar-refractivity contribution >= 4 is 11.3 Å². The molecule has 1 aliphatic carbocycles. The zero-order valence-corrected chi connectivity index (χ0v) is 9.52. The normalized spacial score (nSPS) is 23.3. The maximum absolute atomic E-state index is 10.3. The van der Waals surface area contributed by atoms with Crippen molar-refractivity contribution in [3.63, 3.8) is 0 Å². The van der Waals surface area contributed by atoms with E-state index < -0.39 is 0 Å². The van der Waals surface area contributed by atoms with Crippen LogP contribution in [0.3, 0.4) is 0 Å². The molecule has 0 aliphatic heterocycles. The van der Waals surface area contributed by atoms with Crippen LogP contribution in [0.1, 0.15) is 50.0 Å². The van der Waals surface area contributed by atoms with E-state index in [0.717, 1.165) is 4.88 Å². The van der Waals surface area contributed by atoms with Gasteiger partial charge < -0.3 is 5.11 Å². The molecule has 1 heterocycles. The van der Waals surface area contributed by atoms with Crippen molar-refractivity contribution in [2.75, 3.05) is 0 Å². The molecular weight excluding hydrogens is 192 g/mol. The zero-order valence-electron chi connectivity index (χ0n) is 8.70. The molecule has 0 bridgehead atoms. The van der Waals surface area contributed by atoms with Gasteiger partial charge in [-0.05, 0) is 29.7 Å². The Morgan fingerprint density at radius 2 is 2.07 bits per heavy atom. The van der Waals surface area contributed by atoms with Crippen molar-refractivity contribution < 1.29 is 5.11 Å². The zero-order chi connectivity index (χ0) is 10.0. The molecule has 1 saturated carbocycles. The minimum absolute atomic E-state index is 0.128. The lowest BCUT2D eigenvalue weighted by Gasteiger charge is -2.37. The van der Waals surface area contributed by atoms with Gasteiger partial charge >= 0.3 is 0 Å². The Labute approximate surface area is 89.8 Å². The van der Waals surface area contributed by atoms with E-state index in [4.69, 9.17) is 0 Å². The van der Waals surface area contributed by atoms with E-state index in [1.54, 1.807) is 11.3 Å². The van der Waals surface area contributed by atoms with Crippen LogP contribution in [-0.2, 0) is 0 Å². The highest BCUT2D eigenvalue weighted by molar-refractivity contribution is 7.10. The van der Waals surface area contributed by atoms with E-state index in [0.29, 0.717) is 0 Å². The lowest BCUT2D eigenvalue weighted by atomic mass is 9.71. The lowest BCUT2D eigenvalue weighted by Crippen LogP contribution is -2.27. The highest BCUT2D eigenvalue weighted by atomic mass is 32.1. The van der Waals surface area contributed by atoms with E-state index in [-0.39, 0.29) is 11.5 Å². The van der Waals surface area contributed by atoms with Crippen molar-refractivity contribution in [3.05, 3.63) is 22.4 Å². The van der Waals surface area contributed by atoms with Crippen LogP contribution in [0.5, 0.6) is 0 Å². The Hall–Kier alpha value is -0.340. The Kier molecular flexibility index (Phi) is 2.93. The largest absolute Gasteiger partial charge is 0.387 e. The molecule has 1 nitrogen and oxygen atoms in total. The van der Waals surface area contributed by atoms with Crippen molar-refractivity contribution in [2.24, 2.45) is 5.41 Å². The fraction of sp³-hybridized carbons (Fsp3) is 0.667. The molecule has 0 saturated heterocycles. The maximum atomic E-state index is 10.3. The van der Waals surface area contributed by atoms with Crippen molar-refractivity contribution in [3.8, 4) is 0 Å². The number of thiophene rings is 1. The average Bonchev–Trinajstić information content (AvgIpc) is 2.70. The van der Waals surface area contributed by atoms with Gasteiger partial charge in [-0.3, -0.25) is 0 Å². The van der Waals surface area contributed by atoms with Crippen molar-refractivity contribution in [1.82, 2.24) is 0 Å². The molecule has 1 atom stereocenters. The molecular formula is C12H18OS. The summed E-state index contributed by atoms with van der Waals surface area (Å²) < 4.78 is 0. The monoisotopic (exact) mass is 210 g/mol. The molecule has 1 fully saturated rings. The Bertz CT molecular complexity index is 273. The van der Waals surface area contributed by atoms with Crippen LogP contribution in [-0.4, -0.2) is 5.11 Å². The Morgan fingerprint density at radius 1 is 1.36 bits per heavy atom. The second-order valence-electron chi connectivity index (χ2n) is 4.63. The van der Waals surface area contributed by atoms with Gasteiger partial charge in [0.1, 0.15) is 0 Å². The van der Waals surface area contributed by atoms with Crippen LogP contribution in [0.4, 0.5) is 0 Å². The van der Waals surface area contributed by atoms with Crippen LogP contribution in [0.25, 0.3) is 0 Å². The van der Waals surface area contributed by atoms with Crippen LogP contribution in [0, 0.1) is 5.41 Å². The van der Waals surface area contributed by atoms with Gasteiger partial charge in [-0.15, -0.1) is 11.3 Å². The van der Waals surface area contributed by atoms with Gasteiger partial charge in [-0.1, -0.05) is 32.3 Å². The lowest BCUT2D eigenvalue weighted by molar-refractivity contribution is 0.0107. The van der Waals surface area contributed by atoms with E-state index in [1.807, 2.05) is 11.4 Å². The first-order valence-corrected chi connectivity index (χ1v) is 6.32. The van der Waals surface area contributed by atoms with Crippen LogP contribution >= 0.6 is 11.3 Å². The summed E-state index contributed by atoms with van der Waals surface area (Å²) in [6.45, 7) is 2.23. The van der Waals surface area contributed by atoms with E-state index >= 15 is 0 Å². The van der Waals surface area contributed by atoms with Gasteiger partial charge in [-0.2, -0.15) is 0 Å². The highest BCUT2D eigenvalue weighted by Crippen LogP contribution is 2.46. The number of hydrogen-bond acceptors (Lipinski definition) is 2. The minimum Gasteiger partial charge on any atom is -0.387 e. The van der Waals surface area contributed by atoms with Gasteiger partial charge in [0.15, 0.2) is 0 Å². The molecule has 1 aromatic rings. The van der Waals surface area contributed by atoms with Gasteiger partial charge in [0.2, 0.25) is 0 Å². The Balaban J connectivity index is 2.13. The van der Waals surface area contributed by atoms with Crippen LogP contribution in [0.15, 0.2) is 17.5 Å². The molecule has 2 rings (SSSR count). The highest BCUT2D eigenvalue weighted by Gasteiger charge is 2.35. The topological polar surface area (TPSA) is 20.2 Å². The molecule has 1 aromatic heterocycles. The van der Waals surface area contributed by atoms with Crippen LogP contribution in [0.2, 0.25) is 0 Å². The summed E-state index contributed by atoms with van der Waals surface area (Å²) in [5, 5.41) is 12.4. The maximum Gasteiger partial charge on any atom is 0.0935 e. The third kappa shape index (κ3) is 1.86. The molecule has 0 amide bonds. The quantitative estimate of drug-likeness (QED) is 0.788. The number of aliphatic hydroxyl groups is 1. The van der Waals surface area contributed by atoms with Crippen molar-refractivity contribution in [2.45, 2.75) is 45.1 Å². The summed E-state index contributed by atoms with van der Waals surface area (Å²) in [6, 6.07) is 4.07. The summed E-state index contributed by atoms with van der Waals surface area (Å²) in [7, 11) is 0. The fourth-order valence-electron chi connectivity index (χ4n) is 2.42. The fourth-order valence-corrected chi connectivity index (χ4v) is 3.31. The van der Waals surface area contributed by atoms with Gasteiger partial charge in [-0.25, -0.2) is 0 Å². The van der Waals surface area contributed by atoms with Gasteiger partial charge in [0.05, 0.1) is 6.10 Å². The van der Waals surface area contributed by atoms with Gasteiger partial charge in [0.25, 0.3) is 0 Å². The number of rotatable bonds is 2. The molecule has 0 aromatic carbocycles.